The van der Waals surface area contributed by atoms with E-state index in [9.17, 15) is 9.59 Å². The number of benzene rings is 3. The van der Waals surface area contributed by atoms with Gasteiger partial charge in [-0.3, -0.25) is 19.8 Å². The van der Waals surface area contributed by atoms with Gasteiger partial charge in [0.15, 0.2) is 5.11 Å². The Morgan fingerprint density at radius 3 is 2.56 bits per heavy atom. The summed E-state index contributed by atoms with van der Waals surface area (Å²) in [5, 5.41) is 2.91. The van der Waals surface area contributed by atoms with Crippen molar-refractivity contribution < 1.29 is 14.3 Å². The second kappa shape index (κ2) is 11.6. The molecule has 0 unspecified atom stereocenters. The van der Waals surface area contributed by atoms with Gasteiger partial charge in [-0.1, -0.05) is 53.5 Å². The Morgan fingerprint density at radius 2 is 1.83 bits per heavy atom. The van der Waals surface area contributed by atoms with E-state index < -0.39 is 11.8 Å². The Morgan fingerprint density at radius 1 is 1.08 bits per heavy atom. The number of hydrogen-bond acceptors (Lipinski definition) is 4. The van der Waals surface area contributed by atoms with E-state index in [0.29, 0.717) is 24.3 Å². The van der Waals surface area contributed by atoms with Crippen molar-refractivity contribution in [3.8, 4) is 5.75 Å². The van der Waals surface area contributed by atoms with Crippen LogP contribution in [0.25, 0.3) is 6.08 Å². The summed E-state index contributed by atoms with van der Waals surface area (Å²) in [6, 6.07) is 18.4. The van der Waals surface area contributed by atoms with E-state index in [1.165, 1.54) is 11.0 Å². The van der Waals surface area contributed by atoms with Crippen molar-refractivity contribution in [3.63, 3.8) is 0 Å². The van der Waals surface area contributed by atoms with Gasteiger partial charge in [-0.2, -0.15) is 0 Å². The van der Waals surface area contributed by atoms with E-state index in [1.807, 2.05) is 36.4 Å². The number of hydrogen-bond donors (Lipinski definition) is 1. The van der Waals surface area contributed by atoms with Crippen LogP contribution < -0.4 is 15.0 Å². The fraction of sp³-hybridized carbons (Fsp3) is 0.0741. The van der Waals surface area contributed by atoms with Gasteiger partial charge in [0, 0.05) is 3.57 Å². The number of carbonyl (C=O) groups is 2. The zero-order valence-electron chi connectivity index (χ0n) is 18.8. The number of nitrogens with one attached hydrogen (secondary N) is 1. The van der Waals surface area contributed by atoms with Gasteiger partial charge in [0.1, 0.15) is 17.9 Å². The molecule has 1 fully saturated rings. The average Bonchev–Trinajstić information content (AvgIpc) is 2.85. The highest BCUT2D eigenvalue weighted by atomic mass is 127. The van der Waals surface area contributed by atoms with Gasteiger partial charge in [-0.05, 0) is 100 Å². The van der Waals surface area contributed by atoms with Gasteiger partial charge in [0.25, 0.3) is 11.8 Å². The molecule has 5 nitrogen and oxygen atoms in total. The van der Waals surface area contributed by atoms with Crippen LogP contribution in [0.4, 0.5) is 5.69 Å². The predicted molar refractivity (Wildman–Crippen MR) is 156 cm³/mol. The lowest BCUT2D eigenvalue weighted by Gasteiger charge is -2.29. The third kappa shape index (κ3) is 5.81. The molecule has 1 saturated heterocycles. The first-order chi connectivity index (χ1) is 17.3. The summed E-state index contributed by atoms with van der Waals surface area (Å²) >= 11 is 19.9. The van der Waals surface area contributed by atoms with Crippen molar-refractivity contribution in [2.24, 2.45) is 0 Å². The zero-order valence-corrected chi connectivity index (χ0v) is 23.2. The molecule has 0 spiro atoms. The number of nitrogens with zero attached hydrogens (tertiary/aromatic N) is 1. The monoisotopic (exact) mass is 648 g/mol. The number of thiocarbonyl (C=S) groups is 1. The highest BCUT2D eigenvalue weighted by Gasteiger charge is 2.35. The van der Waals surface area contributed by atoms with E-state index in [-0.39, 0.29) is 26.4 Å². The maximum Gasteiger partial charge on any atom is 0.270 e. The van der Waals surface area contributed by atoms with E-state index in [4.69, 9.17) is 40.2 Å². The Balaban J connectivity index is 1.63. The molecule has 1 aliphatic rings. The fourth-order valence-electron chi connectivity index (χ4n) is 3.59. The molecule has 0 saturated carbocycles. The smallest absolute Gasteiger partial charge is 0.270 e. The molecule has 0 atom stereocenters. The summed E-state index contributed by atoms with van der Waals surface area (Å²) < 4.78 is 7.20. The largest absolute Gasteiger partial charge is 0.489 e. The third-order valence-corrected chi connectivity index (χ3v) is 7.15. The molecule has 1 N–H and O–H groups in total. The molecular weight excluding hydrogens is 630 g/mol. The number of carbonyl (C=O) groups excluding carboxylic acids is 2. The summed E-state index contributed by atoms with van der Waals surface area (Å²) in [4.78, 5) is 27.2. The van der Waals surface area contributed by atoms with Crippen LogP contribution in [0.5, 0.6) is 5.75 Å². The molecule has 182 valence electrons. The molecule has 0 radical (unpaired) electrons. The van der Waals surface area contributed by atoms with Crippen LogP contribution in [0.15, 0.2) is 78.9 Å². The molecule has 3 aromatic carbocycles. The minimum atomic E-state index is -0.600. The highest BCUT2D eigenvalue weighted by Crippen LogP contribution is 2.34. The number of anilines is 1. The molecule has 0 aromatic heterocycles. The van der Waals surface area contributed by atoms with Crippen LogP contribution in [0.1, 0.15) is 16.7 Å². The fourth-order valence-corrected chi connectivity index (χ4v) is 4.61. The van der Waals surface area contributed by atoms with Crippen LogP contribution in [0.3, 0.4) is 0 Å². The first kappa shape index (κ1) is 26.3. The number of ether oxygens (including phenoxy) is 1. The Bertz CT molecular complexity index is 1410. The predicted octanol–water partition coefficient (Wildman–Crippen LogP) is 6.74. The minimum Gasteiger partial charge on any atom is -0.489 e. The summed E-state index contributed by atoms with van der Waals surface area (Å²) in [7, 11) is 0. The SMILES string of the molecule is C=CCc1cc(/C=C2\C(=O)NC(=S)N(c3cccc(Cl)c3Cl)C2=O)ccc1OCc1ccc(I)cc1. The van der Waals surface area contributed by atoms with Crippen molar-refractivity contribution >= 4 is 86.7 Å². The first-order valence-electron chi connectivity index (χ1n) is 10.7. The first-order valence-corrected chi connectivity index (χ1v) is 13.0. The number of rotatable bonds is 7. The van der Waals surface area contributed by atoms with Gasteiger partial charge < -0.3 is 4.74 Å². The molecule has 4 rings (SSSR count). The Labute approximate surface area is 237 Å². The second-order valence-corrected chi connectivity index (χ2v) is 10.2. The maximum atomic E-state index is 13.3. The van der Waals surface area contributed by atoms with Gasteiger partial charge in [-0.15, -0.1) is 6.58 Å². The van der Waals surface area contributed by atoms with E-state index in [0.717, 1.165) is 14.7 Å². The summed E-state index contributed by atoms with van der Waals surface area (Å²) in [6.45, 7) is 4.24. The van der Waals surface area contributed by atoms with E-state index >= 15 is 0 Å². The minimum absolute atomic E-state index is 0.0713. The molecular formula is C27H19Cl2IN2O3S. The zero-order chi connectivity index (χ0) is 25.8. The third-order valence-electron chi connectivity index (χ3n) is 5.34. The van der Waals surface area contributed by atoms with Gasteiger partial charge in [-0.25, -0.2) is 0 Å². The normalized spacial score (nSPS) is 14.7. The average molecular weight is 649 g/mol. The lowest BCUT2D eigenvalue weighted by atomic mass is 10.0. The van der Waals surface area contributed by atoms with Crippen molar-refractivity contribution in [2.75, 3.05) is 4.90 Å². The molecule has 3 aromatic rings. The van der Waals surface area contributed by atoms with Crippen molar-refractivity contribution in [3.05, 3.63) is 109 Å². The summed E-state index contributed by atoms with van der Waals surface area (Å²) in [5.41, 5.74) is 2.77. The Hall–Kier alpha value is -2.72. The van der Waals surface area contributed by atoms with E-state index in [2.05, 4.69) is 34.5 Å². The van der Waals surface area contributed by atoms with E-state index in [1.54, 1.807) is 30.3 Å². The Kier molecular flexibility index (Phi) is 8.46. The molecule has 36 heavy (non-hydrogen) atoms. The van der Waals surface area contributed by atoms with Crippen LogP contribution in [-0.2, 0) is 22.6 Å². The highest BCUT2D eigenvalue weighted by molar-refractivity contribution is 14.1. The maximum absolute atomic E-state index is 13.3. The summed E-state index contributed by atoms with van der Waals surface area (Å²) in [6.07, 6.45) is 3.83. The van der Waals surface area contributed by atoms with Crippen molar-refractivity contribution in [2.45, 2.75) is 13.0 Å². The number of halogens is 3. The lowest BCUT2D eigenvalue weighted by Crippen LogP contribution is -2.54. The van der Waals surface area contributed by atoms with Crippen molar-refractivity contribution in [1.82, 2.24) is 5.32 Å². The quantitative estimate of drug-likeness (QED) is 0.101. The van der Waals surface area contributed by atoms with Crippen LogP contribution >= 0.6 is 58.0 Å². The standard InChI is InChI=1S/C27H19Cl2IN2O3S/c1-2-4-18-13-17(9-12-23(18)35-15-16-7-10-19(30)11-8-16)14-20-25(33)31-27(36)32(26(20)34)22-6-3-5-21(28)24(22)29/h2-3,5-14H,1,4,15H2,(H,31,33,36)/b20-14+. The van der Waals surface area contributed by atoms with Gasteiger partial charge in [0.05, 0.1) is 15.7 Å². The molecule has 0 aliphatic carbocycles. The topological polar surface area (TPSA) is 58.6 Å². The second-order valence-electron chi connectivity index (χ2n) is 7.81. The summed E-state index contributed by atoms with van der Waals surface area (Å²) in [5.74, 6) is -0.496. The van der Waals surface area contributed by atoms with Crippen LogP contribution in [0, 0.1) is 3.57 Å². The number of amides is 2. The van der Waals surface area contributed by atoms with Crippen LogP contribution in [-0.4, -0.2) is 16.9 Å². The molecule has 1 heterocycles. The molecule has 2 amide bonds. The molecule has 0 bridgehead atoms. The van der Waals surface area contributed by atoms with Crippen molar-refractivity contribution in [1.29, 1.82) is 0 Å². The lowest BCUT2D eigenvalue weighted by molar-refractivity contribution is -0.122. The van der Waals surface area contributed by atoms with Gasteiger partial charge >= 0.3 is 0 Å². The molecule has 1 aliphatic heterocycles. The molecule has 9 heteroatoms. The number of allylic oxidation sites excluding steroid dienone is 1. The van der Waals surface area contributed by atoms with Crippen LogP contribution in [0.2, 0.25) is 10.0 Å². The van der Waals surface area contributed by atoms with Gasteiger partial charge in [0.2, 0.25) is 0 Å².